The van der Waals surface area contributed by atoms with E-state index in [0.29, 0.717) is 5.56 Å². The molecular weight excluding hydrogens is 326 g/mol. The number of carbonyl (C=O) groups excluding carboxylic acids is 1. The highest BCUT2D eigenvalue weighted by Crippen LogP contribution is 2.22. The van der Waals surface area contributed by atoms with Crippen LogP contribution in [0.2, 0.25) is 0 Å². The molecule has 132 valence electrons. The number of hydrogen-bond acceptors (Lipinski definition) is 4. The van der Waals surface area contributed by atoms with E-state index >= 15 is 0 Å². The number of benzene rings is 2. The van der Waals surface area contributed by atoms with E-state index in [1.807, 2.05) is 24.3 Å². The van der Waals surface area contributed by atoms with Gasteiger partial charge in [0.2, 0.25) is 0 Å². The molecule has 1 aliphatic heterocycles. The van der Waals surface area contributed by atoms with Gasteiger partial charge in [-0.2, -0.15) is 5.10 Å². The van der Waals surface area contributed by atoms with Gasteiger partial charge >= 0.3 is 0 Å². The van der Waals surface area contributed by atoms with Crippen LogP contribution >= 0.6 is 0 Å². The van der Waals surface area contributed by atoms with Crippen LogP contribution in [0.5, 0.6) is 0 Å². The average molecular weight is 347 g/mol. The van der Waals surface area contributed by atoms with Crippen LogP contribution in [0.1, 0.15) is 29.6 Å². The number of nitrogens with one attached hydrogen (secondary N) is 1. The lowest BCUT2D eigenvalue weighted by molar-refractivity contribution is 0.102. The molecule has 1 N–H and O–H groups in total. The second-order valence-corrected chi connectivity index (χ2v) is 6.44. The zero-order chi connectivity index (χ0) is 17.8. The van der Waals surface area contributed by atoms with Gasteiger partial charge in [-0.05, 0) is 67.8 Å². The van der Waals surface area contributed by atoms with Crippen molar-refractivity contribution >= 4 is 17.3 Å². The molecule has 1 saturated heterocycles. The van der Waals surface area contributed by atoms with Crippen molar-refractivity contribution in [2.24, 2.45) is 0 Å². The first-order valence-corrected chi connectivity index (χ1v) is 8.91. The second kappa shape index (κ2) is 7.39. The van der Waals surface area contributed by atoms with Crippen molar-refractivity contribution in [1.29, 1.82) is 0 Å². The maximum atomic E-state index is 12.4. The number of amides is 1. The lowest BCUT2D eigenvalue weighted by Crippen LogP contribution is -2.29. The van der Waals surface area contributed by atoms with Crippen molar-refractivity contribution < 1.29 is 4.79 Å². The lowest BCUT2D eigenvalue weighted by Gasteiger charge is -2.28. The molecule has 0 aliphatic carbocycles. The van der Waals surface area contributed by atoms with Gasteiger partial charge in [-0.1, -0.05) is 0 Å². The normalized spacial score (nSPS) is 14.2. The number of hydrogen-bond donors (Lipinski definition) is 1. The molecule has 0 unspecified atom stereocenters. The molecule has 0 radical (unpaired) electrons. The molecule has 0 spiro atoms. The lowest BCUT2D eigenvalue weighted by atomic mass is 10.1. The molecule has 2 heterocycles. The molecule has 2 aromatic carbocycles. The monoisotopic (exact) mass is 347 g/mol. The Morgan fingerprint density at radius 2 is 1.58 bits per heavy atom. The SMILES string of the molecule is O=C(Nc1ccc(N2CCCCC2)cc1)c1ccc(-n2cncn2)cc1. The largest absolute Gasteiger partial charge is 0.372 e. The van der Waals surface area contributed by atoms with Crippen LogP contribution < -0.4 is 10.2 Å². The summed E-state index contributed by atoms with van der Waals surface area (Å²) in [5.41, 5.74) is 3.50. The predicted octanol–water partition coefficient (Wildman–Crippen LogP) is 3.51. The fraction of sp³-hybridized carbons (Fsp3) is 0.250. The maximum absolute atomic E-state index is 12.4. The Bertz CT molecular complexity index is 850. The molecule has 0 atom stereocenters. The average Bonchev–Trinajstić information content (AvgIpc) is 3.24. The molecular formula is C20H21N5O. The first-order chi connectivity index (χ1) is 12.8. The Balaban J connectivity index is 1.41. The molecule has 1 amide bonds. The van der Waals surface area contributed by atoms with Gasteiger partial charge < -0.3 is 10.2 Å². The molecule has 26 heavy (non-hydrogen) atoms. The number of carbonyl (C=O) groups is 1. The van der Waals surface area contributed by atoms with Gasteiger partial charge in [-0.3, -0.25) is 4.79 Å². The molecule has 4 rings (SSSR count). The standard InChI is InChI=1S/C20H21N5O/c26-20(16-4-8-19(9-5-16)25-15-21-14-22-25)23-17-6-10-18(11-7-17)24-12-2-1-3-13-24/h4-11,14-15H,1-3,12-13H2,(H,23,26). The predicted molar refractivity (Wildman–Crippen MR) is 102 cm³/mol. The summed E-state index contributed by atoms with van der Waals surface area (Å²) in [4.78, 5) is 18.8. The van der Waals surface area contributed by atoms with Crippen LogP contribution in [0.4, 0.5) is 11.4 Å². The minimum absolute atomic E-state index is 0.124. The number of nitrogens with zero attached hydrogens (tertiary/aromatic N) is 4. The highest BCUT2D eigenvalue weighted by molar-refractivity contribution is 6.04. The summed E-state index contributed by atoms with van der Waals surface area (Å²) in [5.74, 6) is -0.124. The zero-order valence-electron chi connectivity index (χ0n) is 14.5. The van der Waals surface area contributed by atoms with E-state index in [9.17, 15) is 4.79 Å². The summed E-state index contributed by atoms with van der Waals surface area (Å²) in [7, 11) is 0. The molecule has 1 aromatic heterocycles. The molecule has 3 aromatic rings. The van der Waals surface area contributed by atoms with Crippen LogP contribution in [-0.4, -0.2) is 33.8 Å². The summed E-state index contributed by atoms with van der Waals surface area (Å²) in [6.45, 7) is 2.23. The van der Waals surface area contributed by atoms with Crippen LogP contribution in [-0.2, 0) is 0 Å². The van der Waals surface area contributed by atoms with Crippen LogP contribution in [0, 0.1) is 0 Å². The van der Waals surface area contributed by atoms with Gasteiger partial charge in [-0.15, -0.1) is 0 Å². The van der Waals surface area contributed by atoms with Crippen molar-refractivity contribution in [2.75, 3.05) is 23.3 Å². The van der Waals surface area contributed by atoms with Crippen LogP contribution in [0.15, 0.2) is 61.2 Å². The quantitative estimate of drug-likeness (QED) is 0.784. The van der Waals surface area contributed by atoms with Gasteiger partial charge in [-0.25, -0.2) is 9.67 Å². The van der Waals surface area contributed by atoms with Crippen molar-refractivity contribution in [1.82, 2.24) is 14.8 Å². The van der Waals surface area contributed by atoms with E-state index in [1.54, 1.807) is 23.1 Å². The number of aromatic nitrogens is 3. The molecule has 1 fully saturated rings. The van der Waals surface area contributed by atoms with E-state index in [2.05, 4.69) is 32.4 Å². The minimum atomic E-state index is -0.124. The van der Waals surface area contributed by atoms with Gasteiger partial charge in [0.05, 0.1) is 5.69 Å². The van der Waals surface area contributed by atoms with Crippen LogP contribution in [0.3, 0.4) is 0 Å². The summed E-state index contributed by atoms with van der Waals surface area (Å²) in [5, 5.41) is 7.03. The third-order valence-corrected chi connectivity index (χ3v) is 4.66. The Kier molecular flexibility index (Phi) is 4.64. The van der Waals surface area contributed by atoms with Crippen molar-refractivity contribution in [3.05, 3.63) is 66.7 Å². The fourth-order valence-corrected chi connectivity index (χ4v) is 3.22. The topological polar surface area (TPSA) is 63.1 Å². The van der Waals surface area contributed by atoms with Gasteiger partial charge in [0.15, 0.2) is 0 Å². The van der Waals surface area contributed by atoms with Crippen molar-refractivity contribution in [3.63, 3.8) is 0 Å². The van der Waals surface area contributed by atoms with E-state index < -0.39 is 0 Å². The Hall–Kier alpha value is -3.15. The van der Waals surface area contributed by atoms with E-state index in [1.165, 1.54) is 31.3 Å². The summed E-state index contributed by atoms with van der Waals surface area (Å²) < 4.78 is 1.65. The molecule has 0 bridgehead atoms. The highest BCUT2D eigenvalue weighted by atomic mass is 16.1. The van der Waals surface area contributed by atoms with Crippen LogP contribution in [0.25, 0.3) is 5.69 Å². The van der Waals surface area contributed by atoms with Crippen molar-refractivity contribution in [3.8, 4) is 5.69 Å². The van der Waals surface area contributed by atoms with E-state index in [4.69, 9.17) is 0 Å². The summed E-state index contributed by atoms with van der Waals surface area (Å²) >= 11 is 0. The third kappa shape index (κ3) is 3.59. The van der Waals surface area contributed by atoms with Crippen molar-refractivity contribution in [2.45, 2.75) is 19.3 Å². The fourth-order valence-electron chi connectivity index (χ4n) is 3.22. The Morgan fingerprint density at radius 3 is 2.23 bits per heavy atom. The molecule has 6 nitrogen and oxygen atoms in total. The van der Waals surface area contributed by atoms with Gasteiger partial charge in [0, 0.05) is 30.0 Å². The Morgan fingerprint density at radius 1 is 0.885 bits per heavy atom. The first-order valence-electron chi connectivity index (χ1n) is 8.91. The zero-order valence-corrected chi connectivity index (χ0v) is 14.5. The highest BCUT2D eigenvalue weighted by Gasteiger charge is 2.11. The molecule has 0 saturated carbocycles. The third-order valence-electron chi connectivity index (χ3n) is 4.66. The minimum Gasteiger partial charge on any atom is -0.372 e. The summed E-state index contributed by atoms with van der Waals surface area (Å²) in [6.07, 6.45) is 6.93. The smallest absolute Gasteiger partial charge is 0.255 e. The number of piperidine rings is 1. The Labute approximate surface area is 152 Å². The molecule has 6 heteroatoms. The van der Waals surface area contributed by atoms with E-state index in [0.717, 1.165) is 24.5 Å². The first kappa shape index (κ1) is 16.3. The maximum Gasteiger partial charge on any atom is 0.255 e. The second-order valence-electron chi connectivity index (χ2n) is 6.44. The number of rotatable bonds is 4. The van der Waals surface area contributed by atoms with Gasteiger partial charge in [0.25, 0.3) is 5.91 Å². The summed E-state index contributed by atoms with van der Waals surface area (Å²) in [6, 6.07) is 15.4. The van der Waals surface area contributed by atoms with Gasteiger partial charge in [0.1, 0.15) is 12.7 Å². The van der Waals surface area contributed by atoms with E-state index in [-0.39, 0.29) is 5.91 Å². The number of anilines is 2. The molecule has 1 aliphatic rings.